The van der Waals surface area contributed by atoms with Gasteiger partial charge in [-0.1, -0.05) is 30.3 Å². The number of phenols is 2. The summed E-state index contributed by atoms with van der Waals surface area (Å²) in [5.41, 5.74) is 1.78. The lowest BCUT2D eigenvalue weighted by molar-refractivity contribution is 0.168. The van der Waals surface area contributed by atoms with Gasteiger partial charge < -0.3 is 24.3 Å². The van der Waals surface area contributed by atoms with Crippen LogP contribution in [-0.2, 0) is 0 Å². The Morgan fingerprint density at radius 1 is 0.771 bits per heavy atom. The van der Waals surface area contributed by atoms with Crippen molar-refractivity contribution in [1.29, 1.82) is 0 Å². The van der Waals surface area contributed by atoms with Gasteiger partial charge in [-0.25, -0.2) is 9.78 Å². The standard InChI is InChI=1S/C28H20N2O5/c31-19-12-8-17(9-13-19)25-24-26(21-5-1-2-6-22(21)34-28(24)33)35-27(18-10-14-20(32)15-11-18)30(25)23-7-3-4-16-29-23/h1-16,25,27,31-32H/t25-,27-/m1/s1. The Labute approximate surface area is 200 Å². The van der Waals surface area contributed by atoms with E-state index < -0.39 is 17.9 Å². The predicted octanol–water partition coefficient (Wildman–Crippen LogP) is 5.29. The molecule has 2 N–H and O–H groups in total. The summed E-state index contributed by atoms with van der Waals surface area (Å²) < 4.78 is 12.3. The molecule has 1 aliphatic heterocycles. The molecule has 35 heavy (non-hydrogen) atoms. The van der Waals surface area contributed by atoms with E-state index in [0.717, 1.165) is 11.1 Å². The molecule has 2 atom stereocenters. The number of nitrogens with zero attached hydrogens (tertiary/aromatic N) is 2. The van der Waals surface area contributed by atoms with E-state index in [1.807, 2.05) is 35.2 Å². The lowest BCUT2D eigenvalue weighted by atomic mass is 9.93. The molecule has 172 valence electrons. The quantitative estimate of drug-likeness (QED) is 0.351. The van der Waals surface area contributed by atoms with Crippen molar-refractivity contribution in [3.8, 4) is 17.2 Å². The highest BCUT2D eigenvalue weighted by Gasteiger charge is 2.42. The van der Waals surface area contributed by atoms with Crippen LogP contribution in [0.2, 0.25) is 0 Å². The monoisotopic (exact) mass is 464 g/mol. The topological polar surface area (TPSA) is 96.0 Å². The molecule has 0 fully saturated rings. The molecule has 3 aromatic carbocycles. The van der Waals surface area contributed by atoms with Gasteiger partial charge in [-0.3, -0.25) is 0 Å². The van der Waals surface area contributed by atoms with Crippen molar-refractivity contribution < 1.29 is 19.4 Å². The number of aromatic nitrogens is 1. The molecule has 0 saturated carbocycles. The van der Waals surface area contributed by atoms with E-state index >= 15 is 0 Å². The number of benzene rings is 3. The van der Waals surface area contributed by atoms with Crippen molar-refractivity contribution in [3.05, 3.63) is 124 Å². The minimum atomic E-state index is -0.679. The van der Waals surface area contributed by atoms with Crippen LogP contribution < -0.4 is 15.3 Å². The summed E-state index contributed by atoms with van der Waals surface area (Å²) in [5, 5.41) is 20.5. The number of para-hydroxylation sites is 1. The van der Waals surface area contributed by atoms with Gasteiger partial charge in [0.15, 0.2) is 0 Å². The number of rotatable bonds is 3. The van der Waals surface area contributed by atoms with Crippen LogP contribution in [0.15, 0.2) is 106 Å². The van der Waals surface area contributed by atoms with E-state index in [1.54, 1.807) is 66.9 Å². The summed E-state index contributed by atoms with van der Waals surface area (Å²) in [6.07, 6.45) is 0.997. The van der Waals surface area contributed by atoms with E-state index in [2.05, 4.69) is 4.98 Å². The highest BCUT2D eigenvalue weighted by atomic mass is 16.5. The summed E-state index contributed by atoms with van der Waals surface area (Å²) in [6, 6.07) is 25.6. The van der Waals surface area contributed by atoms with Crippen LogP contribution in [0, 0.1) is 0 Å². The van der Waals surface area contributed by atoms with Gasteiger partial charge in [-0.05, 0) is 66.2 Å². The summed E-state index contributed by atoms with van der Waals surface area (Å²) >= 11 is 0. The second-order valence-corrected chi connectivity index (χ2v) is 8.28. The maximum atomic E-state index is 13.4. The van der Waals surface area contributed by atoms with Gasteiger partial charge in [-0.15, -0.1) is 0 Å². The number of phenolic OH excluding ortho intramolecular Hbond substituents is 2. The molecule has 0 radical (unpaired) electrons. The normalized spacial score (nSPS) is 17.1. The second-order valence-electron chi connectivity index (χ2n) is 8.28. The first-order valence-corrected chi connectivity index (χ1v) is 11.1. The molecule has 0 aliphatic carbocycles. The van der Waals surface area contributed by atoms with Crippen LogP contribution in [0.4, 0.5) is 5.82 Å². The second kappa shape index (κ2) is 8.22. The smallest absolute Gasteiger partial charge is 0.345 e. The zero-order valence-corrected chi connectivity index (χ0v) is 18.4. The molecular formula is C28H20N2O5. The highest BCUT2D eigenvalue weighted by molar-refractivity contribution is 5.85. The third kappa shape index (κ3) is 3.54. The average molecular weight is 464 g/mol. The molecule has 0 saturated heterocycles. The Bertz CT molecular complexity index is 1560. The molecule has 7 nitrogen and oxygen atoms in total. The molecule has 0 unspecified atom stereocenters. The average Bonchev–Trinajstić information content (AvgIpc) is 2.89. The molecule has 2 aromatic heterocycles. The molecule has 0 bridgehead atoms. The van der Waals surface area contributed by atoms with Gasteiger partial charge in [0, 0.05) is 11.8 Å². The number of anilines is 1. The molecule has 5 aromatic rings. The zero-order chi connectivity index (χ0) is 23.9. The first-order valence-electron chi connectivity index (χ1n) is 11.1. The third-order valence-corrected chi connectivity index (χ3v) is 6.13. The fourth-order valence-electron chi connectivity index (χ4n) is 4.55. The summed E-state index contributed by atoms with van der Waals surface area (Å²) in [7, 11) is 0. The first kappa shape index (κ1) is 20.8. The molecular weight excluding hydrogens is 444 g/mol. The lowest BCUT2D eigenvalue weighted by Crippen LogP contribution is -2.43. The van der Waals surface area contributed by atoms with Gasteiger partial charge >= 0.3 is 5.63 Å². The van der Waals surface area contributed by atoms with Crippen LogP contribution in [0.3, 0.4) is 0 Å². The van der Waals surface area contributed by atoms with E-state index in [1.165, 1.54) is 0 Å². The van der Waals surface area contributed by atoms with Gasteiger partial charge in [0.1, 0.15) is 34.2 Å². The van der Waals surface area contributed by atoms with E-state index in [9.17, 15) is 15.0 Å². The summed E-state index contributed by atoms with van der Waals surface area (Å²) in [4.78, 5) is 19.9. The van der Waals surface area contributed by atoms with Crippen molar-refractivity contribution in [1.82, 2.24) is 4.98 Å². The number of ether oxygens (including phenoxy) is 1. The Morgan fingerprint density at radius 2 is 1.43 bits per heavy atom. The van der Waals surface area contributed by atoms with E-state index in [0.29, 0.717) is 28.1 Å². The van der Waals surface area contributed by atoms with Crippen LogP contribution in [0.25, 0.3) is 11.0 Å². The Morgan fingerprint density at radius 3 is 2.11 bits per heavy atom. The summed E-state index contributed by atoms with van der Waals surface area (Å²) in [6.45, 7) is 0. The summed E-state index contributed by atoms with van der Waals surface area (Å²) in [5.74, 6) is 1.27. The van der Waals surface area contributed by atoms with Crippen molar-refractivity contribution in [2.24, 2.45) is 0 Å². The lowest BCUT2D eigenvalue weighted by Gasteiger charge is -2.43. The van der Waals surface area contributed by atoms with Crippen molar-refractivity contribution in [2.45, 2.75) is 12.3 Å². The number of hydrogen-bond donors (Lipinski definition) is 2. The number of pyridine rings is 1. The van der Waals surface area contributed by atoms with Crippen molar-refractivity contribution in [2.75, 3.05) is 4.90 Å². The highest BCUT2D eigenvalue weighted by Crippen LogP contribution is 2.48. The third-order valence-electron chi connectivity index (χ3n) is 6.13. The minimum absolute atomic E-state index is 0.117. The molecule has 6 rings (SSSR count). The van der Waals surface area contributed by atoms with E-state index in [-0.39, 0.29) is 11.5 Å². The maximum Gasteiger partial charge on any atom is 0.345 e. The van der Waals surface area contributed by atoms with Crippen molar-refractivity contribution in [3.63, 3.8) is 0 Å². The Kier molecular flexibility index (Phi) is 4.88. The zero-order valence-electron chi connectivity index (χ0n) is 18.4. The van der Waals surface area contributed by atoms with Gasteiger partial charge in [0.2, 0.25) is 6.23 Å². The fraction of sp³-hybridized carbons (Fsp3) is 0.0714. The largest absolute Gasteiger partial charge is 0.508 e. The SMILES string of the molecule is O=c1oc2ccccc2c2c1[C@@H](c1ccc(O)cc1)N(c1ccccn1)[C@@H](c1ccc(O)cc1)O2. The van der Waals surface area contributed by atoms with Crippen LogP contribution in [-0.4, -0.2) is 15.2 Å². The Balaban J connectivity index is 1.68. The maximum absolute atomic E-state index is 13.4. The minimum Gasteiger partial charge on any atom is -0.508 e. The Hall–Kier alpha value is -4.78. The fourth-order valence-corrected chi connectivity index (χ4v) is 4.55. The number of hydrogen-bond acceptors (Lipinski definition) is 7. The number of aromatic hydroxyl groups is 2. The molecule has 0 spiro atoms. The van der Waals surface area contributed by atoms with E-state index in [4.69, 9.17) is 9.15 Å². The van der Waals surface area contributed by atoms with Crippen molar-refractivity contribution >= 4 is 16.8 Å². The van der Waals surface area contributed by atoms with Crippen LogP contribution in [0.5, 0.6) is 17.2 Å². The predicted molar refractivity (Wildman–Crippen MR) is 131 cm³/mol. The van der Waals surface area contributed by atoms with Crippen LogP contribution >= 0.6 is 0 Å². The van der Waals surface area contributed by atoms with Gasteiger partial charge in [0.05, 0.1) is 11.4 Å². The molecule has 3 heterocycles. The number of fused-ring (bicyclic) bond motifs is 3. The van der Waals surface area contributed by atoms with Crippen LogP contribution in [0.1, 0.15) is 29.0 Å². The molecule has 1 aliphatic rings. The molecule has 0 amide bonds. The first-order chi connectivity index (χ1) is 17.1. The van der Waals surface area contributed by atoms with Gasteiger partial charge in [-0.2, -0.15) is 0 Å². The molecule has 7 heteroatoms. The van der Waals surface area contributed by atoms with Gasteiger partial charge in [0.25, 0.3) is 0 Å².